The first-order valence-electron chi connectivity index (χ1n) is 10.5. The molecule has 0 amide bonds. The first-order chi connectivity index (χ1) is 14.7. The zero-order chi connectivity index (χ0) is 22.9. The van der Waals surface area contributed by atoms with Crippen molar-refractivity contribution < 1.29 is 34.0 Å². The lowest BCUT2D eigenvalue weighted by Gasteiger charge is -2.40. The van der Waals surface area contributed by atoms with Gasteiger partial charge in [0.1, 0.15) is 36.3 Å². The standard InChI is InChI=1S/C21H25ClO6/c1-2-27-15-6-3-12(4-7-15)9-14-10-13(5-8-16(14)22)21-20(26)19(25)18(24)17(11-23)28-21/h3-8,10,17-21,23-26H,2,9,11H2,1H3/t17-,18-,19+,20-,21+/m1/s1/i5D,8D,10D. The lowest BCUT2D eigenvalue weighted by molar-refractivity contribution is -0.231. The highest BCUT2D eigenvalue weighted by molar-refractivity contribution is 6.31. The molecule has 0 bridgehead atoms. The van der Waals surface area contributed by atoms with Gasteiger partial charge in [-0.2, -0.15) is 0 Å². The van der Waals surface area contributed by atoms with Gasteiger partial charge in [0.2, 0.25) is 0 Å². The van der Waals surface area contributed by atoms with E-state index in [0.717, 1.165) is 5.56 Å². The molecule has 2 aromatic rings. The number of hydrogen-bond donors (Lipinski definition) is 4. The van der Waals surface area contributed by atoms with Crippen LogP contribution in [0.25, 0.3) is 0 Å². The first kappa shape index (κ1) is 17.2. The van der Waals surface area contributed by atoms with Crippen molar-refractivity contribution >= 4 is 11.6 Å². The Bertz CT molecular complexity index is 925. The van der Waals surface area contributed by atoms with Gasteiger partial charge in [0.15, 0.2) is 0 Å². The third-order valence-electron chi connectivity index (χ3n) is 4.65. The van der Waals surface area contributed by atoms with E-state index in [2.05, 4.69) is 0 Å². The summed E-state index contributed by atoms with van der Waals surface area (Å²) in [5, 5.41) is 40.0. The largest absolute Gasteiger partial charge is 0.494 e. The Labute approximate surface area is 173 Å². The minimum absolute atomic E-state index is 0.0581. The summed E-state index contributed by atoms with van der Waals surface area (Å²) in [4.78, 5) is 0. The molecule has 0 saturated carbocycles. The summed E-state index contributed by atoms with van der Waals surface area (Å²) >= 11 is 6.30. The highest BCUT2D eigenvalue weighted by atomic mass is 35.5. The number of benzene rings is 2. The summed E-state index contributed by atoms with van der Waals surface area (Å²) in [6, 6.07) is 6.17. The summed E-state index contributed by atoms with van der Waals surface area (Å²) in [6.07, 6.45) is -7.29. The van der Waals surface area contributed by atoms with Gasteiger partial charge in [-0.3, -0.25) is 0 Å². The SMILES string of the molecule is [2H]c1c([2H])c([C@@H]2O[C@H](CO)[C@@H](O)[C@H](O)[C@H]2O)c([2H])c(Cc2ccc(OCC)cc2)c1Cl. The van der Waals surface area contributed by atoms with Gasteiger partial charge in [-0.05, 0) is 48.2 Å². The van der Waals surface area contributed by atoms with Crippen LogP contribution < -0.4 is 4.74 Å². The molecule has 152 valence electrons. The molecular formula is C21H25ClO6. The molecule has 2 aromatic carbocycles. The minimum atomic E-state index is -1.66. The summed E-state index contributed by atoms with van der Waals surface area (Å²) in [7, 11) is 0. The number of rotatable bonds is 6. The summed E-state index contributed by atoms with van der Waals surface area (Å²) in [5.74, 6) is 0.688. The summed E-state index contributed by atoms with van der Waals surface area (Å²) < 4.78 is 36.1. The maximum atomic E-state index is 10.5. The molecule has 0 unspecified atom stereocenters. The zero-order valence-electron chi connectivity index (χ0n) is 18.3. The van der Waals surface area contributed by atoms with Crippen LogP contribution in [0, 0.1) is 0 Å². The van der Waals surface area contributed by atoms with Gasteiger partial charge in [-0.25, -0.2) is 0 Å². The Balaban J connectivity index is 2.03. The molecule has 1 aliphatic rings. The predicted octanol–water partition coefficient (Wildman–Crippen LogP) is 1.84. The molecule has 5 atom stereocenters. The van der Waals surface area contributed by atoms with Crippen LogP contribution in [-0.4, -0.2) is 58.1 Å². The van der Waals surface area contributed by atoms with Crippen molar-refractivity contribution in [2.24, 2.45) is 0 Å². The van der Waals surface area contributed by atoms with Crippen LogP contribution in [0.3, 0.4) is 0 Å². The average molecular weight is 412 g/mol. The van der Waals surface area contributed by atoms with Gasteiger partial charge >= 0.3 is 0 Å². The van der Waals surface area contributed by atoms with Gasteiger partial charge in [-0.15, -0.1) is 0 Å². The van der Waals surface area contributed by atoms with Gasteiger partial charge < -0.3 is 29.9 Å². The second-order valence-electron chi connectivity index (χ2n) is 6.58. The normalized spacial score (nSPS) is 29.1. The fourth-order valence-electron chi connectivity index (χ4n) is 3.12. The Morgan fingerprint density at radius 1 is 1.11 bits per heavy atom. The molecule has 0 aliphatic carbocycles. The van der Waals surface area contributed by atoms with Gasteiger partial charge in [0, 0.05) is 5.02 Å². The van der Waals surface area contributed by atoms with E-state index >= 15 is 0 Å². The second kappa shape index (κ2) is 9.22. The Kier molecular flexibility index (Phi) is 5.67. The van der Waals surface area contributed by atoms with E-state index in [1.165, 1.54) is 0 Å². The van der Waals surface area contributed by atoms with E-state index in [4.69, 9.17) is 25.2 Å². The van der Waals surface area contributed by atoms with E-state index in [9.17, 15) is 20.4 Å². The number of ether oxygens (including phenoxy) is 2. The van der Waals surface area contributed by atoms with Gasteiger partial charge in [-0.1, -0.05) is 35.8 Å². The van der Waals surface area contributed by atoms with E-state index in [-0.39, 0.29) is 34.7 Å². The highest BCUT2D eigenvalue weighted by Crippen LogP contribution is 2.34. The fourth-order valence-corrected chi connectivity index (χ4v) is 3.29. The van der Waals surface area contributed by atoms with Gasteiger partial charge in [0.25, 0.3) is 0 Å². The topological polar surface area (TPSA) is 99.4 Å². The van der Waals surface area contributed by atoms with Crippen molar-refractivity contribution in [2.45, 2.75) is 43.9 Å². The van der Waals surface area contributed by atoms with Crippen LogP contribution in [0.5, 0.6) is 5.75 Å². The molecule has 0 aromatic heterocycles. The second-order valence-corrected chi connectivity index (χ2v) is 6.96. The van der Waals surface area contributed by atoms with Gasteiger partial charge in [0.05, 0.1) is 17.3 Å². The third kappa shape index (κ3) is 4.49. The van der Waals surface area contributed by atoms with Crippen molar-refractivity contribution in [3.8, 4) is 5.75 Å². The lowest BCUT2D eigenvalue weighted by Crippen LogP contribution is -2.55. The monoisotopic (exact) mass is 411 g/mol. The first-order valence-corrected chi connectivity index (χ1v) is 9.39. The maximum absolute atomic E-state index is 10.5. The molecule has 0 spiro atoms. The van der Waals surface area contributed by atoms with Crippen molar-refractivity contribution in [3.05, 3.63) is 64.1 Å². The van der Waals surface area contributed by atoms with Crippen LogP contribution in [0.1, 0.15) is 33.8 Å². The van der Waals surface area contributed by atoms with E-state index in [1.807, 2.05) is 6.92 Å². The summed E-state index contributed by atoms with van der Waals surface area (Å²) in [5.41, 5.74) is 0.918. The van der Waals surface area contributed by atoms with Crippen LogP contribution in [-0.2, 0) is 11.2 Å². The van der Waals surface area contributed by atoms with E-state index < -0.39 is 43.2 Å². The van der Waals surface area contributed by atoms with E-state index in [1.54, 1.807) is 24.3 Å². The Hall–Kier alpha value is -1.67. The van der Waals surface area contributed by atoms with Crippen LogP contribution in [0.2, 0.25) is 5.02 Å². The molecule has 1 aliphatic heterocycles. The van der Waals surface area contributed by atoms with Crippen LogP contribution in [0.15, 0.2) is 42.4 Å². The molecular weight excluding hydrogens is 384 g/mol. The zero-order valence-corrected chi connectivity index (χ0v) is 16.1. The molecule has 3 rings (SSSR count). The average Bonchev–Trinajstić information content (AvgIpc) is 2.76. The highest BCUT2D eigenvalue weighted by Gasteiger charge is 2.43. The molecule has 4 N–H and O–H groups in total. The minimum Gasteiger partial charge on any atom is -0.494 e. The molecule has 1 fully saturated rings. The van der Waals surface area contributed by atoms with E-state index in [0.29, 0.717) is 12.4 Å². The Morgan fingerprint density at radius 2 is 1.82 bits per heavy atom. The number of aliphatic hydroxyl groups is 4. The predicted molar refractivity (Wildman–Crippen MR) is 105 cm³/mol. The summed E-state index contributed by atoms with van der Waals surface area (Å²) in [6.45, 7) is 1.76. The van der Waals surface area contributed by atoms with Crippen molar-refractivity contribution in [3.63, 3.8) is 0 Å². The molecule has 1 heterocycles. The lowest BCUT2D eigenvalue weighted by atomic mass is 9.90. The number of halogens is 1. The maximum Gasteiger partial charge on any atom is 0.119 e. The molecule has 0 radical (unpaired) electrons. The quantitative estimate of drug-likeness (QED) is 0.579. The molecule has 7 heteroatoms. The van der Waals surface area contributed by atoms with Crippen molar-refractivity contribution in [1.82, 2.24) is 0 Å². The smallest absolute Gasteiger partial charge is 0.119 e. The van der Waals surface area contributed by atoms with Crippen LogP contribution in [0.4, 0.5) is 0 Å². The fraction of sp³-hybridized carbons (Fsp3) is 0.429. The third-order valence-corrected chi connectivity index (χ3v) is 4.97. The van der Waals surface area contributed by atoms with Crippen LogP contribution >= 0.6 is 11.6 Å². The molecule has 6 nitrogen and oxygen atoms in total. The Morgan fingerprint density at radius 3 is 2.46 bits per heavy atom. The molecule has 28 heavy (non-hydrogen) atoms. The molecule has 1 saturated heterocycles. The number of hydrogen-bond acceptors (Lipinski definition) is 6. The number of aliphatic hydroxyl groups excluding tert-OH is 4. The van der Waals surface area contributed by atoms with Crippen molar-refractivity contribution in [1.29, 1.82) is 0 Å². The van der Waals surface area contributed by atoms with Crippen molar-refractivity contribution in [2.75, 3.05) is 13.2 Å².